The summed E-state index contributed by atoms with van der Waals surface area (Å²) in [7, 11) is 0. The number of carbonyl (C=O) groups excluding carboxylic acids is 1. The lowest BCUT2D eigenvalue weighted by Gasteiger charge is -2.23. The standard InChI is InChI=1S/C14H17N5O.ClH/c20-14(16-11-5-4-8-15-9-11)13-10-19(18-17-13)12-6-2-1-3-7-12;/h1-3,6-7,10-11,15H,4-5,8-9H2,(H,16,20);1H/t11-;/m0./s1. The van der Waals surface area contributed by atoms with Crippen LogP contribution in [0.2, 0.25) is 0 Å². The van der Waals surface area contributed by atoms with E-state index >= 15 is 0 Å². The van der Waals surface area contributed by atoms with Crippen LogP contribution in [-0.4, -0.2) is 40.0 Å². The van der Waals surface area contributed by atoms with Gasteiger partial charge in [0.2, 0.25) is 0 Å². The van der Waals surface area contributed by atoms with Crippen molar-refractivity contribution in [1.82, 2.24) is 25.6 Å². The second-order valence-corrected chi connectivity index (χ2v) is 4.90. The Morgan fingerprint density at radius 1 is 1.33 bits per heavy atom. The Morgan fingerprint density at radius 2 is 2.14 bits per heavy atom. The smallest absolute Gasteiger partial charge is 0.273 e. The van der Waals surface area contributed by atoms with Crippen molar-refractivity contribution in [3.8, 4) is 5.69 Å². The summed E-state index contributed by atoms with van der Waals surface area (Å²) in [4.78, 5) is 12.1. The number of benzene rings is 1. The monoisotopic (exact) mass is 307 g/mol. The number of aromatic nitrogens is 3. The van der Waals surface area contributed by atoms with Crippen molar-refractivity contribution in [2.45, 2.75) is 18.9 Å². The molecule has 0 radical (unpaired) electrons. The molecule has 3 rings (SSSR count). The maximum absolute atomic E-state index is 12.1. The van der Waals surface area contributed by atoms with E-state index in [-0.39, 0.29) is 24.4 Å². The van der Waals surface area contributed by atoms with Gasteiger partial charge in [0.1, 0.15) is 0 Å². The fourth-order valence-corrected chi connectivity index (χ4v) is 2.31. The number of nitrogens with one attached hydrogen (secondary N) is 2. The van der Waals surface area contributed by atoms with Gasteiger partial charge in [0.05, 0.1) is 11.9 Å². The van der Waals surface area contributed by atoms with Crippen molar-refractivity contribution in [3.05, 3.63) is 42.2 Å². The van der Waals surface area contributed by atoms with Gasteiger partial charge in [0.15, 0.2) is 5.69 Å². The molecule has 1 aliphatic rings. The van der Waals surface area contributed by atoms with E-state index in [4.69, 9.17) is 0 Å². The fraction of sp³-hybridized carbons (Fsp3) is 0.357. The molecule has 7 heteroatoms. The maximum Gasteiger partial charge on any atom is 0.273 e. The molecule has 0 unspecified atom stereocenters. The van der Waals surface area contributed by atoms with E-state index in [1.165, 1.54) is 0 Å². The molecule has 2 aromatic rings. The highest BCUT2D eigenvalue weighted by atomic mass is 35.5. The Morgan fingerprint density at radius 3 is 2.86 bits per heavy atom. The summed E-state index contributed by atoms with van der Waals surface area (Å²) in [5, 5.41) is 14.2. The van der Waals surface area contributed by atoms with Gasteiger partial charge in [-0.1, -0.05) is 23.4 Å². The zero-order chi connectivity index (χ0) is 13.8. The molecular formula is C14H18ClN5O. The van der Waals surface area contributed by atoms with Crippen molar-refractivity contribution in [3.63, 3.8) is 0 Å². The zero-order valence-electron chi connectivity index (χ0n) is 11.5. The first kappa shape index (κ1) is 15.5. The van der Waals surface area contributed by atoms with E-state index in [1.807, 2.05) is 30.3 Å². The molecule has 1 atom stereocenters. The predicted octanol–water partition coefficient (Wildman–Crippen LogP) is 1.17. The van der Waals surface area contributed by atoms with Gasteiger partial charge in [0.25, 0.3) is 5.91 Å². The molecule has 0 spiro atoms. The molecule has 1 fully saturated rings. The highest BCUT2D eigenvalue weighted by molar-refractivity contribution is 5.92. The molecule has 1 saturated heterocycles. The molecule has 1 amide bonds. The highest BCUT2D eigenvalue weighted by Crippen LogP contribution is 2.07. The minimum atomic E-state index is -0.166. The van der Waals surface area contributed by atoms with Crippen LogP contribution in [0.5, 0.6) is 0 Å². The van der Waals surface area contributed by atoms with Crippen LogP contribution in [0.4, 0.5) is 0 Å². The summed E-state index contributed by atoms with van der Waals surface area (Å²) >= 11 is 0. The van der Waals surface area contributed by atoms with Crippen LogP contribution in [0.1, 0.15) is 23.3 Å². The van der Waals surface area contributed by atoms with E-state index in [1.54, 1.807) is 10.9 Å². The lowest BCUT2D eigenvalue weighted by Crippen LogP contribution is -2.45. The highest BCUT2D eigenvalue weighted by Gasteiger charge is 2.18. The molecule has 1 aromatic heterocycles. The minimum absolute atomic E-state index is 0. The second kappa shape index (κ2) is 7.19. The van der Waals surface area contributed by atoms with Crippen LogP contribution in [0.3, 0.4) is 0 Å². The number of piperidine rings is 1. The SMILES string of the molecule is Cl.O=C(N[C@H]1CCCNC1)c1cn(-c2ccccc2)nn1. The van der Waals surface area contributed by atoms with Crippen LogP contribution in [-0.2, 0) is 0 Å². The summed E-state index contributed by atoms with van der Waals surface area (Å²) in [6.45, 7) is 1.84. The van der Waals surface area contributed by atoms with Gasteiger partial charge in [-0.3, -0.25) is 4.79 Å². The largest absolute Gasteiger partial charge is 0.347 e. The van der Waals surface area contributed by atoms with E-state index in [0.717, 1.165) is 31.6 Å². The molecule has 0 bridgehead atoms. The fourth-order valence-electron chi connectivity index (χ4n) is 2.31. The summed E-state index contributed by atoms with van der Waals surface area (Å²) in [5.74, 6) is -0.166. The molecule has 0 saturated carbocycles. The third-order valence-corrected chi connectivity index (χ3v) is 3.38. The zero-order valence-corrected chi connectivity index (χ0v) is 12.3. The first-order chi connectivity index (χ1) is 9.83. The number of hydrogen-bond donors (Lipinski definition) is 2. The third-order valence-electron chi connectivity index (χ3n) is 3.38. The third kappa shape index (κ3) is 3.80. The maximum atomic E-state index is 12.1. The van der Waals surface area contributed by atoms with Gasteiger partial charge in [-0.25, -0.2) is 4.68 Å². The Labute approximate surface area is 129 Å². The summed E-state index contributed by atoms with van der Waals surface area (Å²) in [5.41, 5.74) is 1.23. The quantitative estimate of drug-likeness (QED) is 0.893. The van der Waals surface area contributed by atoms with Crippen LogP contribution in [0, 0.1) is 0 Å². The predicted molar refractivity (Wildman–Crippen MR) is 82.0 cm³/mol. The van der Waals surface area contributed by atoms with Crippen molar-refractivity contribution < 1.29 is 4.79 Å². The lowest BCUT2D eigenvalue weighted by molar-refractivity contribution is 0.0925. The van der Waals surface area contributed by atoms with E-state index in [0.29, 0.717) is 5.69 Å². The van der Waals surface area contributed by atoms with Crippen LogP contribution in [0.15, 0.2) is 36.5 Å². The number of nitrogens with zero attached hydrogens (tertiary/aromatic N) is 3. The molecule has 1 aliphatic heterocycles. The Balaban J connectivity index is 0.00000161. The first-order valence-electron chi connectivity index (χ1n) is 6.82. The van der Waals surface area contributed by atoms with Crippen molar-refractivity contribution >= 4 is 18.3 Å². The Bertz CT molecular complexity index is 580. The van der Waals surface area contributed by atoms with Crippen molar-refractivity contribution in [2.24, 2.45) is 0 Å². The van der Waals surface area contributed by atoms with Gasteiger partial charge in [-0.05, 0) is 31.5 Å². The van der Waals surface area contributed by atoms with Gasteiger partial charge < -0.3 is 10.6 Å². The average molecular weight is 308 g/mol. The van der Waals surface area contributed by atoms with Gasteiger partial charge in [-0.15, -0.1) is 17.5 Å². The Hall–Kier alpha value is -1.92. The molecule has 2 N–H and O–H groups in total. The average Bonchev–Trinajstić information content (AvgIpc) is 2.99. The summed E-state index contributed by atoms with van der Waals surface area (Å²) < 4.78 is 1.61. The summed E-state index contributed by atoms with van der Waals surface area (Å²) in [6, 6.07) is 9.79. The van der Waals surface area contributed by atoms with Crippen LogP contribution in [0.25, 0.3) is 5.69 Å². The number of amides is 1. The number of para-hydroxylation sites is 1. The minimum Gasteiger partial charge on any atom is -0.347 e. The molecule has 6 nitrogen and oxygen atoms in total. The lowest BCUT2D eigenvalue weighted by atomic mass is 10.1. The van der Waals surface area contributed by atoms with Gasteiger partial charge in [0, 0.05) is 12.6 Å². The Kier molecular flexibility index (Phi) is 5.30. The van der Waals surface area contributed by atoms with Gasteiger partial charge >= 0.3 is 0 Å². The number of halogens is 1. The molecule has 21 heavy (non-hydrogen) atoms. The topological polar surface area (TPSA) is 71.8 Å². The van der Waals surface area contributed by atoms with E-state index < -0.39 is 0 Å². The van der Waals surface area contributed by atoms with Gasteiger partial charge in [-0.2, -0.15) is 0 Å². The van der Waals surface area contributed by atoms with Crippen molar-refractivity contribution in [1.29, 1.82) is 0 Å². The number of carbonyl (C=O) groups is 1. The van der Waals surface area contributed by atoms with Crippen molar-refractivity contribution in [2.75, 3.05) is 13.1 Å². The molecule has 0 aliphatic carbocycles. The second-order valence-electron chi connectivity index (χ2n) is 4.90. The molecule has 112 valence electrons. The number of hydrogen-bond acceptors (Lipinski definition) is 4. The van der Waals surface area contributed by atoms with Crippen LogP contribution >= 0.6 is 12.4 Å². The molecule has 2 heterocycles. The number of rotatable bonds is 3. The van der Waals surface area contributed by atoms with E-state index in [2.05, 4.69) is 20.9 Å². The van der Waals surface area contributed by atoms with E-state index in [9.17, 15) is 4.79 Å². The first-order valence-corrected chi connectivity index (χ1v) is 6.82. The molecule has 1 aromatic carbocycles. The normalized spacial score (nSPS) is 17.8. The summed E-state index contributed by atoms with van der Waals surface area (Å²) in [6.07, 6.45) is 3.74. The molecular weight excluding hydrogens is 290 g/mol. The van der Waals surface area contributed by atoms with Crippen LogP contribution < -0.4 is 10.6 Å².